The number of aromatic nitrogens is 2. The Morgan fingerprint density at radius 2 is 2.41 bits per heavy atom. The number of amides is 1. The van der Waals surface area contributed by atoms with Gasteiger partial charge in [0.15, 0.2) is 0 Å². The third kappa shape index (κ3) is 2.65. The second-order valence-corrected chi connectivity index (χ2v) is 4.76. The van der Waals surface area contributed by atoms with Crippen LogP contribution in [0, 0.1) is 6.92 Å². The molecule has 2 rings (SSSR count). The zero-order chi connectivity index (χ0) is 12.4. The molecule has 0 spiro atoms. The molecule has 2 aromatic heterocycles. The number of anilines is 1. The van der Waals surface area contributed by atoms with Crippen LogP contribution < -0.4 is 11.1 Å². The topological polar surface area (TPSA) is 83.8 Å². The number of nitrogens with one attached hydrogen (secondary N) is 2. The first kappa shape index (κ1) is 11.7. The maximum absolute atomic E-state index is 11.8. The van der Waals surface area contributed by atoms with Gasteiger partial charge in [-0.15, -0.1) is 11.3 Å². The fraction of sp³-hybridized carbons (Fsp3) is 0.273. The third-order valence-electron chi connectivity index (χ3n) is 2.30. The van der Waals surface area contributed by atoms with Crippen molar-refractivity contribution in [2.45, 2.75) is 19.9 Å². The van der Waals surface area contributed by atoms with E-state index in [0.29, 0.717) is 11.4 Å². The second kappa shape index (κ2) is 4.58. The first-order valence-corrected chi connectivity index (χ1v) is 6.11. The Balaban J connectivity index is 2.04. The molecule has 1 amide bonds. The van der Waals surface area contributed by atoms with Crippen LogP contribution in [0.3, 0.4) is 0 Å². The van der Waals surface area contributed by atoms with Crippen LogP contribution in [0.5, 0.6) is 0 Å². The number of aromatic amines is 1. The Bertz CT molecular complexity index is 531. The van der Waals surface area contributed by atoms with E-state index in [1.807, 2.05) is 19.2 Å². The number of nitrogens with zero attached hydrogens (tertiary/aromatic N) is 1. The summed E-state index contributed by atoms with van der Waals surface area (Å²) in [5.41, 5.74) is 7.52. The van der Waals surface area contributed by atoms with Crippen LogP contribution in [-0.4, -0.2) is 15.9 Å². The van der Waals surface area contributed by atoms with Gasteiger partial charge < -0.3 is 16.0 Å². The maximum Gasteiger partial charge on any atom is 0.268 e. The molecule has 0 saturated heterocycles. The fourth-order valence-corrected chi connectivity index (χ4v) is 2.25. The van der Waals surface area contributed by atoms with Crippen LogP contribution in [0.1, 0.15) is 34.2 Å². The molecule has 0 aromatic carbocycles. The van der Waals surface area contributed by atoms with Gasteiger partial charge in [-0.05, 0) is 19.9 Å². The smallest absolute Gasteiger partial charge is 0.268 e. The Morgan fingerprint density at radius 3 is 2.94 bits per heavy atom. The highest BCUT2D eigenvalue weighted by Crippen LogP contribution is 2.18. The van der Waals surface area contributed by atoms with Crippen molar-refractivity contribution in [1.82, 2.24) is 15.3 Å². The van der Waals surface area contributed by atoms with E-state index in [-0.39, 0.29) is 11.9 Å². The number of carbonyl (C=O) groups excluding carboxylic acids is 1. The third-order valence-corrected chi connectivity index (χ3v) is 3.45. The quantitative estimate of drug-likeness (QED) is 0.777. The van der Waals surface area contributed by atoms with E-state index < -0.39 is 0 Å². The van der Waals surface area contributed by atoms with Crippen molar-refractivity contribution in [3.05, 3.63) is 34.0 Å². The van der Waals surface area contributed by atoms with Gasteiger partial charge in [-0.1, -0.05) is 0 Å². The van der Waals surface area contributed by atoms with Crippen LogP contribution in [0.2, 0.25) is 0 Å². The number of nitrogen functional groups attached to an aromatic ring is 1. The summed E-state index contributed by atoms with van der Waals surface area (Å²) in [6.07, 6.45) is 1.59. The first-order chi connectivity index (χ1) is 8.06. The summed E-state index contributed by atoms with van der Waals surface area (Å²) < 4.78 is 0. The highest BCUT2D eigenvalue weighted by Gasteiger charge is 2.14. The van der Waals surface area contributed by atoms with Crippen LogP contribution in [0.25, 0.3) is 0 Å². The lowest BCUT2D eigenvalue weighted by Crippen LogP contribution is -2.26. The van der Waals surface area contributed by atoms with Crippen molar-refractivity contribution in [2.75, 3.05) is 5.73 Å². The zero-order valence-corrected chi connectivity index (χ0v) is 10.5. The Hall–Kier alpha value is -1.82. The molecule has 1 atom stereocenters. The van der Waals surface area contributed by atoms with E-state index in [2.05, 4.69) is 15.3 Å². The van der Waals surface area contributed by atoms with Crippen LogP contribution in [0.15, 0.2) is 17.6 Å². The lowest BCUT2D eigenvalue weighted by molar-refractivity contribution is 0.0935. The number of H-pyrrole nitrogens is 1. The molecule has 0 aliphatic rings. The fourth-order valence-electron chi connectivity index (χ4n) is 1.45. The molecule has 0 radical (unpaired) electrons. The number of thiazole rings is 1. The average molecular weight is 250 g/mol. The molecule has 90 valence electrons. The van der Waals surface area contributed by atoms with Crippen LogP contribution >= 0.6 is 11.3 Å². The predicted molar refractivity (Wildman–Crippen MR) is 67.9 cm³/mol. The van der Waals surface area contributed by atoms with Crippen molar-refractivity contribution in [3.8, 4) is 0 Å². The van der Waals surface area contributed by atoms with Crippen molar-refractivity contribution in [1.29, 1.82) is 0 Å². The molecule has 0 aliphatic carbocycles. The number of hydrogen-bond donors (Lipinski definition) is 3. The molecule has 6 heteroatoms. The highest BCUT2D eigenvalue weighted by molar-refractivity contribution is 7.09. The van der Waals surface area contributed by atoms with Gasteiger partial charge in [0.05, 0.1) is 6.04 Å². The van der Waals surface area contributed by atoms with E-state index >= 15 is 0 Å². The minimum absolute atomic E-state index is 0.106. The van der Waals surface area contributed by atoms with E-state index in [4.69, 9.17) is 5.73 Å². The summed E-state index contributed by atoms with van der Waals surface area (Å²) in [6, 6.07) is 1.50. The molecule has 0 fully saturated rings. The number of carbonyl (C=O) groups is 1. The zero-order valence-electron chi connectivity index (χ0n) is 9.65. The largest absolute Gasteiger partial charge is 0.397 e. The molecule has 2 aromatic rings. The Kier molecular flexibility index (Phi) is 3.14. The second-order valence-electron chi connectivity index (χ2n) is 3.87. The van der Waals surface area contributed by atoms with Gasteiger partial charge >= 0.3 is 0 Å². The minimum Gasteiger partial charge on any atom is -0.397 e. The van der Waals surface area contributed by atoms with Crippen molar-refractivity contribution in [3.63, 3.8) is 0 Å². The maximum atomic E-state index is 11.8. The minimum atomic E-state index is -0.179. The number of rotatable bonds is 3. The first-order valence-electron chi connectivity index (χ1n) is 5.23. The van der Waals surface area contributed by atoms with Gasteiger partial charge in [0.25, 0.3) is 5.91 Å². The lowest BCUT2D eigenvalue weighted by Gasteiger charge is -2.09. The molecule has 1 unspecified atom stereocenters. The SMILES string of the molecule is Cc1csc(C(C)NC(=O)c2cc(N)c[nH]2)n1. The molecule has 4 N–H and O–H groups in total. The lowest BCUT2D eigenvalue weighted by atomic mass is 10.3. The Morgan fingerprint density at radius 1 is 1.65 bits per heavy atom. The molecule has 17 heavy (non-hydrogen) atoms. The molecule has 2 heterocycles. The number of nitrogens with two attached hydrogens (primary N) is 1. The summed E-state index contributed by atoms with van der Waals surface area (Å²) >= 11 is 1.54. The number of hydrogen-bond acceptors (Lipinski definition) is 4. The molecule has 0 bridgehead atoms. The molecule has 0 saturated carbocycles. The van der Waals surface area contributed by atoms with Gasteiger partial charge in [-0.3, -0.25) is 4.79 Å². The summed E-state index contributed by atoms with van der Waals surface area (Å²) in [5, 5.41) is 5.72. The summed E-state index contributed by atoms with van der Waals surface area (Å²) in [4.78, 5) is 19.0. The average Bonchev–Trinajstić information content (AvgIpc) is 2.87. The van der Waals surface area contributed by atoms with Gasteiger partial charge in [0.2, 0.25) is 0 Å². The Labute approximate surface area is 103 Å². The van der Waals surface area contributed by atoms with Gasteiger partial charge in [-0.25, -0.2) is 4.98 Å². The van der Waals surface area contributed by atoms with E-state index in [1.54, 1.807) is 12.3 Å². The molecule has 5 nitrogen and oxygen atoms in total. The molecule has 0 aliphatic heterocycles. The van der Waals surface area contributed by atoms with Crippen molar-refractivity contribution >= 4 is 22.9 Å². The molecular formula is C11H14N4OS. The predicted octanol–water partition coefficient (Wildman–Crippen LogP) is 1.85. The van der Waals surface area contributed by atoms with E-state index in [1.165, 1.54) is 11.3 Å². The van der Waals surface area contributed by atoms with Crippen LogP contribution in [0.4, 0.5) is 5.69 Å². The van der Waals surface area contributed by atoms with Gasteiger partial charge in [0, 0.05) is 23.0 Å². The standard InChI is InChI=1S/C11H14N4OS/c1-6-5-17-11(14-6)7(2)15-10(16)9-3-8(12)4-13-9/h3-5,7,13H,12H2,1-2H3,(H,15,16). The van der Waals surface area contributed by atoms with Crippen molar-refractivity contribution in [2.24, 2.45) is 0 Å². The normalized spacial score (nSPS) is 12.4. The van der Waals surface area contributed by atoms with Gasteiger partial charge in [0.1, 0.15) is 10.7 Å². The summed E-state index contributed by atoms with van der Waals surface area (Å²) in [5.74, 6) is -0.179. The summed E-state index contributed by atoms with van der Waals surface area (Å²) in [6.45, 7) is 3.84. The highest BCUT2D eigenvalue weighted by atomic mass is 32.1. The molecular weight excluding hydrogens is 236 g/mol. The monoisotopic (exact) mass is 250 g/mol. The van der Waals surface area contributed by atoms with Gasteiger partial charge in [-0.2, -0.15) is 0 Å². The van der Waals surface area contributed by atoms with E-state index in [0.717, 1.165) is 10.7 Å². The van der Waals surface area contributed by atoms with E-state index in [9.17, 15) is 4.79 Å². The van der Waals surface area contributed by atoms with Crippen LogP contribution in [-0.2, 0) is 0 Å². The summed E-state index contributed by atoms with van der Waals surface area (Å²) in [7, 11) is 0. The van der Waals surface area contributed by atoms with Crippen molar-refractivity contribution < 1.29 is 4.79 Å². The number of aryl methyl sites for hydroxylation is 1.